The summed E-state index contributed by atoms with van der Waals surface area (Å²) in [4.78, 5) is 10.1. The molecular formula is C7H5O2Pb-. The topological polar surface area (TPSA) is 40.1 Å². The summed E-state index contributed by atoms with van der Waals surface area (Å²) in [5.41, 5.74) is 0.220. The zero-order valence-electron chi connectivity index (χ0n) is 5.20. The molecule has 0 spiro atoms. The predicted molar refractivity (Wildman–Crippen MR) is 36.5 cm³/mol. The van der Waals surface area contributed by atoms with Gasteiger partial charge >= 0.3 is 0 Å². The molecule has 0 aliphatic rings. The average Bonchev–Trinajstić information content (AvgIpc) is 1.90. The van der Waals surface area contributed by atoms with Crippen LogP contribution in [0.3, 0.4) is 0 Å². The molecule has 0 atom stereocenters. The van der Waals surface area contributed by atoms with Gasteiger partial charge in [-0.3, -0.25) is 0 Å². The minimum absolute atomic E-state index is 0. The first-order valence-corrected chi connectivity index (χ1v) is 2.57. The Bertz CT molecular complexity index is 208. The fourth-order valence-corrected chi connectivity index (χ4v) is 0.574. The van der Waals surface area contributed by atoms with Crippen molar-refractivity contribution in [3.8, 4) is 0 Å². The normalized spacial score (nSPS) is 8.00. The molecule has 0 heterocycles. The number of rotatable bonds is 1. The Balaban J connectivity index is 0.000000810. The van der Waals surface area contributed by atoms with Crippen LogP contribution in [0.25, 0.3) is 0 Å². The van der Waals surface area contributed by atoms with E-state index in [2.05, 4.69) is 0 Å². The first-order valence-electron chi connectivity index (χ1n) is 2.57. The minimum atomic E-state index is -1.13. The van der Waals surface area contributed by atoms with Gasteiger partial charge in [0.25, 0.3) is 0 Å². The van der Waals surface area contributed by atoms with Crippen molar-refractivity contribution in [1.82, 2.24) is 0 Å². The van der Waals surface area contributed by atoms with Gasteiger partial charge in [0.15, 0.2) is 0 Å². The van der Waals surface area contributed by atoms with Crippen molar-refractivity contribution in [2.45, 2.75) is 0 Å². The van der Waals surface area contributed by atoms with Gasteiger partial charge < -0.3 is 9.90 Å². The molecule has 0 fully saturated rings. The molecule has 0 bridgehead atoms. The Kier molecular flexibility index (Phi) is 4.26. The molecule has 1 aromatic rings. The monoisotopic (exact) mass is 329 g/mol. The number of carbonyl (C=O) groups is 1. The van der Waals surface area contributed by atoms with E-state index in [4.69, 9.17) is 0 Å². The molecule has 1 aromatic carbocycles. The van der Waals surface area contributed by atoms with E-state index < -0.39 is 5.97 Å². The average molecular weight is 328 g/mol. The Morgan fingerprint density at radius 3 is 2.00 bits per heavy atom. The van der Waals surface area contributed by atoms with Gasteiger partial charge in [0, 0.05) is 27.3 Å². The molecule has 0 amide bonds. The standard InChI is InChI=1S/C7H6O2.Pb/c8-7(9)6-4-2-1-3-5-6;/h1-5H,(H,8,9);/p-1. The van der Waals surface area contributed by atoms with Gasteiger partial charge in [0.1, 0.15) is 0 Å². The minimum Gasteiger partial charge on any atom is -0.545 e. The van der Waals surface area contributed by atoms with Gasteiger partial charge in [0.05, 0.1) is 5.97 Å². The molecule has 3 heteroatoms. The summed E-state index contributed by atoms with van der Waals surface area (Å²) >= 11 is 0. The van der Waals surface area contributed by atoms with E-state index in [1.807, 2.05) is 0 Å². The molecule has 1 rings (SSSR count). The summed E-state index contributed by atoms with van der Waals surface area (Å²) in [5.74, 6) is -1.13. The van der Waals surface area contributed by atoms with Gasteiger partial charge in [-0.25, -0.2) is 0 Å². The van der Waals surface area contributed by atoms with Crippen LogP contribution in [0.1, 0.15) is 10.4 Å². The molecule has 0 aromatic heterocycles. The Morgan fingerprint density at radius 1 is 1.20 bits per heavy atom. The maximum Gasteiger partial charge on any atom is 0.0715 e. The maximum absolute atomic E-state index is 10.1. The van der Waals surface area contributed by atoms with Crippen LogP contribution in [0.5, 0.6) is 0 Å². The van der Waals surface area contributed by atoms with Gasteiger partial charge in [-0.05, 0) is 5.56 Å². The number of hydrogen-bond donors (Lipinski definition) is 0. The molecule has 0 aliphatic carbocycles. The molecule has 0 N–H and O–H groups in total. The van der Waals surface area contributed by atoms with E-state index in [0.717, 1.165) is 0 Å². The summed E-state index contributed by atoms with van der Waals surface area (Å²) in [6.45, 7) is 0. The van der Waals surface area contributed by atoms with Crippen LogP contribution in [0, 0.1) is 0 Å². The number of hydrogen-bond acceptors (Lipinski definition) is 2. The van der Waals surface area contributed by atoms with Crippen molar-refractivity contribution in [2.24, 2.45) is 0 Å². The number of carbonyl (C=O) groups excluding carboxylic acids is 1. The van der Waals surface area contributed by atoms with Crippen molar-refractivity contribution in [3.05, 3.63) is 35.9 Å². The van der Waals surface area contributed by atoms with Gasteiger partial charge in [0.2, 0.25) is 0 Å². The van der Waals surface area contributed by atoms with Crippen LogP contribution < -0.4 is 5.11 Å². The third kappa shape index (κ3) is 2.47. The molecule has 4 radical (unpaired) electrons. The zero-order valence-corrected chi connectivity index (χ0v) is 9.09. The molecule has 10 heavy (non-hydrogen) atoms. The van der Waals surface area contributed by atoms with Crippen LogP contribution in [-0.2, 0) is 0 Å². The third-order valence-electron chi connectivity index (χ3n) is 1.01. The van der Waals surface area contributed by atoms with Crippen LogP contribution in [0.15, 0.2) is 30.3 Å². The summed E-state index contributed by atoms with van der Waals surface area (Å²) < 4.78 is 0. The Morgan fingerprint density at radius 2 is 1.70 bits per heavy atom. The van der Waals surface area contributed by atoms with Crippen molar-refractivity contribution < 1.29 is 9.90 Å². The van der Waals surface area contributed by atoms with Crippen LogP contribution in [-0.4, -0.2) is 33.3 Å². The predicted octanol–water partition coefficient (Wildman–Crippen LogP) is -0.331. The molecule has 0 saturated heterocycles. The van der Waals surface area contributed by atoms with E-state index in [1.165, 1.54) is 12.1 Å². The summed E-state index contributed by atoms with van der Waals surface area (Å²) in [5, 5.41) is 10.1. The van der Waals surface area contributed by atoms with Crippen molar-refractivity contribution in [2.75, 3.05) is 0 Å². The van der Waals surface area contributed by atoms with Crippen LogP contribution in [0.2, 0.25) is 0 Å². The fraction of sp³-hybridized carbons (Fsp3) is 0. The van der Waals surface area contributed by atoms with Gasteiger partial charge in [-0.15, -0.1) is 0 Å². The zero-order chi connectivity index (χ0) is 6.69. The maximum atomic E-state index is 10.1. The van der Waals surface area contributed by atoms with E-state index in [-0.39, 0.29) is 32.9 Å². The molecule has 2 nitrogen and oxygen atoms in total. The Labute approximate surface area is 79.0 Å². The van der Waals surface area contributed by atoms with Crippen molar-refractivity contribution in [1.29, 1.82) is 0 Å². The third-order valence-corrected chi connectivity index (χ3v) is 1.01. The van der Waals surface area contributed by atoms with E-state index in [1.54, 1.807) is 18.2 Å². The fourth-order valence-electron chi connectivity index (χ4n) is 0.574. The molecule has 0 aliphatic heterocycles. The molecule has 0 saturated carbocycles. The van der Waals surface area contributed by atoms with E-state index in [9.17, 15) is 9.90 Å². The second-order valence-electron chi connectivity index (χ2n) is 1.65. The second kappa shape index (κ2) is 4.43. The van der Waals surface area contributed by atoms with Gasteiger partial charge in [-0.2, -0.15) is 0 Å². The molecule has 50 valence electrons. The van der Waals surface area contributed by atoms with Crippen molar-refractivity contribution in [3.63, 3.8) is 0 Å². The van der Waals surface area contributed by atoms with Gasteiger partial charge in [-0.1, -0.05) is 30.3 Å². The number of carboxylic acid groups (broad SMARTS) is 1. The number of benzene rings is 1. The molecule has 0 unspecified atom stereocenters. The van der Waals surface area contributed by atoms with Crippen LogP contribution >= 0.6 is 0 Å². The quantitative estimate of drug-likeness (QED) is 0.663. The second-order valence-corrected chi connectivity index (χ2v) is 1.65. The largest absolute Gasteiger partial charge is 0.545 e. The number of carboxylic acids is 1. The summed E-state index contributed by atoms with van der Waals surface area (Å²) in [7, 11) is 0. The van der Waals surface area contributed by atoms with E-state index >= 15 is 0 Å². The van der Waals surface area contributed by atoms with Crippen molar-refractivity contribution >= 4 is 33.3 Å². The smallest absolute Gasteiger partial charge is 0.0715 e. The van der Waals surface area contributed by atoms with Crippen LogP contribution in [0.4, 0.5) is 0 Å². The molecular weight excluding hydrogens is 323 g/mol. The number of aromatic carboxylic acids is 1. The first-order chi connectivity index (χ1) is 4.30. The SMILES string of the molecule is O=C([O-])c1ccccc1.[Pb]. The summed E-state index contributed by atoms with van der Waals surface area (Å²) in [6.07, 6.45) is 0. The first kappa shape index (κ1) is 9.61. The Hall–Kier alpha value is -0.388. The van der Waals surface area contributed by atoms with E-state index in [0.29, 0.717) is 0 Å². The summed E-state index contributed by atoms with van der Waals surface area (Å²) in [6, 6.07) is 8.06.